The van der Waals surface area contributed by atoms with Gasteiger partial charge in [0.2, 0.25) is 0 Å². The molecule has 1 aliphatic heterocycles. The van der Waals surface area contributed by atoms with Gasteiger partial charge in [-0.05, 0) is 50.0 Å². The van der Waals surface area contributed by atoms with Crippen LogP contribution < -0.4 is 0 Å². The molecular formula is C14H17ClFNO2. The monoisotopic (exact) mass is 285 g/mol. The third-order valence-corrected chi connectivity index (χ3v) is 3.81. The summed E-state index contributed by atoms with van der Waals surface area (Å²) in [6.07, 6.45) is 1.95. The summed E-state index contributed by atoms with van der Waals surface area (Å²) in [6.45, 7) is 2.15. The van der Waals surface area contributed by atoms with E-state index < -0.39 is 5.97 Å². The van der Waals surface area contributed by atoms with Gasteiger partial charge in [0.25, 0.3) is 0 Å². The first kappa shape index (κ1) is 14.3. The van der Waals surface area contributed by atoms with E-state index in [1.165, 1.54) is 6.07 Å². The van der Waals surface area contributed by atoms with Gasteiger partial charge < -0.3 is 5.11 Å². The highest BCUT2D eigenvalue weighted by atomic mass is 35.5. The number of nitrogens with zero attached hydrogens (tertiary/aromatic N) is 1. The van der Waals surface area contributed by atoms with Gasteiger partial charge in [-0.25, -0.2) is 4.39 Å². The van der Waals surface area contributed by atoms with Gasteiger partial charge in [0.05, 0.1) is 0 Å². The van der Waals surface area contributed by atoms with E-state index in [0.717, 1.165) is 25.9 Å². The van der Waals surface area contributed by atoms with Gasteiger partial charge in [0.1, 0.15) is 5.82 Å². The average Bonchev–Trinajstić information content (AvgIpc) is 2.35. The second-order valence-electron chi connectivity index (χ2n) is 5.05. The first-order valence-electron chi connectivity index (χ1n) is 6.42. The number of benzene rings is 1. The predicted octanol–water partition coefficient (Wildman–Crippen LogP) is 3.17. The molecule has 3 nitrogen and oxygen atoms in total. The summed E-state index contributed by atoms with van der Waals surface area (Å²) in [7, 11) is 0. The lowest BCUT2D eigenvalue weighted by Gasteiger charge is -2.31. The molecule has 0 amide bonds. The molecule has 1 N–H and O–H groups in total. The number of rotatable bonds is 4. The fraction of sp³-hybridized carbons (Fsp3) is 0.500. The van der Waals surface area contributed by atoms with E-state index in [1.807, 2.05) is 0 Å². The van der Waals surface area contributed by atoms with Crippen molar-refractivity contribution >= 4 is 17.6 Å². The van der Waals surface area contributed by atoms with E-state index in [-0.39, 0.29) is 18.2 Å². The lowest BCUT2D eigenvalue weighted by atomic mass is 9.93. The van der Waals surface area contributed by atoms with Gasteiger partial charge in [-0.3, -0.25) is 9.69 Å². The molecule has 0 saturated carbocycles. The molecule has 1 heterocycles. The molecule has 2 rings (SSSR count). The minimum Gasteiger partial charge on any atom is -0.481 e. The minimum absolute atomic E-state index is 0.235. The quantitative estimate of drug-likeness (QED) is 0.924. The molecule has 104 valence electrons. The number of piperidine rings is 1. The van der Waals surface area contributed by atoms with E-state index in [0.29, 0.717) is 17.1 Å². The number of carboxylic acid groups (broad SMARTS) is 1. The highest BCUT2D eigenvalue weighted by molar-refractivity contribution is 6.30. The molecule has 1 aliphatic rings. The Kier molecular flexibility index (Phi) is 4.77. The van der Waals surface area contributed by atoms with Crippen molar-refractivity contribution in [3.05, 3.63) is 34.6 Å². The van der Waals surface area contributed by atoms with Crippen LogP contribution in [0, 0.1) is 11.7 Å². The Balaban J connectivity index is 1.88. The van der Waals surface area contributed by atoms with Crippen LogP contribution in [0.2, 0.25) is 5.02 Å². The molecule has 0 bridgehead atoms. The number of aliphatic carboxylic acids is 1. The number of hydrogen-bond acceptors (Lipinski definition) is 2. The largest absolute Gasteiger partial charge is 0.481 e. The molecule has 0 spiro atoms. The molecule has 0 unspecified atom stereocenters. The summed E-state index contributed by atoms with van der Waals surface area (Å²) < 4.78 is 13.6. The van der Waals surface area contributed by atoms with Crippen molar-refractivity contribution in [2.45, 2.75) is 25.8 Å². The van der Waals surface area contributed by atoms with Gasteiger partial charge >= 0.3 is 5.97 Å². The van der Waals surface area contributed by atoms with Crippen LogP contribution in [0.1, 0.15) is 24.8 Å². The van der Waals surface area contributed by atoms with Crippen molar-refractivity contribution in [1.29, 1.82) is 0 Å². The zero-order chi connectivity index (χ0) is 13.8. The summed E-state index contributed by atoms with van der Waals surface area (Å²) in [5.74, 6) is -0.727. The lowest BCUT2D eigenvalue weighted by Crippen LogP contribution is -2.34. The topological polar surface area (TPSA) is 40.5 Å². The van der Waals surface area contributed by atoms with E-state index in [1.54, 1.807) is 12.1 Å². The maximum absolute atomic E-state index is 13.6. The molecule has 1 fully saturated rings. The van der Waals surface area contributed by atoms with Crippen molar-refractivity contribution in [3.63, 3.8) is 0 Å². The third-order valence-electron chi connectivity index (χ3n) is 3.57. The molecule has 0 aromatic heterocycles. The van der Waals surface area contributed by atoms with Gasteiger partial charge in [0, 0.05) is 23.6 Å². The summed E-state index contributed by atoms with van der Waals surface area (Å²) in [4.78, 5) is 12.8. The van der Waals surface area contributed by atoms with Gasteiger partial charge in [-0.15, -0.1) is 0 Å². The molecule has 19 heavy (non-hydrogen) atoms. The second-order valence-corrected chi connectivity index (χ2v) is 5.49. The number of halogens is 2. The van der Waals surface area contributed by atoms with E-state index in [2.05, 4.69) is 4.90 Å². The van der Waals surface area contributed by atoms with Crippen molar-refractivity contribution in [2.24, 2.45) is 5.92 Å². The summed E-state index contributed by atoms with van der Waals surface area (Å²) >= 11 is 5.86. The summed E-state index contributed by atoms with van der Waals surface area (Å²) in [5.41, 5.74) is 0.601. The second kappa shape index (κ2) is 6.35. The molecular weight excluding hydrogens is 269 g/mol. The molecule has 0 radical (unpaired) electrons. The minimum atomic E-state index is -0.737. The first-order chi connectivity index (χ1) is 9.04. The number of carbonyl (C=O) groups is 1. The standard InChI is InChI=1S/C14H17ClFNO2/c15-12-1-2-13(16)11(8-12)9-17-5-3-10(4-6-17)7-14(18)19/h1-2,8,10H,3-7,9H2,(H,18,19). The Morgan fingerprint density at radius 3 is 2.74 bits per heavy atom. The van der Waals surface area contributed by atoms with E-state index in [4.69, 9.17) is 16.7 Å². The van der Waals surface area contributed by atoms with E-state index >= 15 is 0 Å². The van der Waals surface area contributed by atoms with Gasteiger partial charge in [-0.2, -0.15) is 0 Å². The van der Waals surface area contributed by atoms with Crippen molar-refractivity contribution < 1.29 is 14.3 Å². The van der Waals surface area contributed by atoms with Crippen LogP contribution in [-0.4, -0.2) is 29.1 Å². The third kappa shape index (κ3) is 4.18. The number of carboxylic acids is 1. The Hall–Kier alpha value is -1.13. The zero-order valence-electron chi connectivity index (χ0n) is 10.6. The Labute approximate surface area is 117 Å². The van der Waals surface area contributed by atoms with Crippen molar-refractivity contribution in [1.82, 2.24) is 4.90 Å². The van der Waals surface area contributed by atoms with Crippen LogP contribution in [0.5, 0.6) is 0 Å². The number of hydrogen-bond donors (Lipinski definition) is 1. The SMILES string of the molecule is O=C(O)CC1CCN(Cc2cc(Cl)ccc2F)CC1. The highest BCUT2D eigenvalue weighted by Gasteiger charge is 2.21. The Bertz CT molecular complexity index is 459. The summed E-state index contributed by atoms with van der Waals surface area (Å²) in [6, 6.07) is 4.58. The fourth-order valence-electron chi connectivity index (χ4n) is 2.50. The predicted molar refractivity (Wildman–Crippen MR) is 71.7 cm³/mol. The van der Waals surface area contributed by atoms with Crippen molar-refractivity contribution in [3.8, 4) is 0 Å². The van der Waals surface area contributed by atoms with Crippen LogP contribution in [0.4, 0.5) is 4.39 Å². The molecule has 0 atom stereocenters. The smallest absolute Gasteiger partial charge is 0.303 e. The zero-order valence-corrected chi connectivity index (χ0v) is 11.4. The lowest BCUT2D eigenvalue weighted by molar-refractivity contribution is -0.138. The first-order valence-corrected chi connectivity index (χ1v) is 6.80. The molecule has 0 aliphatic carbocycles. The maximum atomic E-state index is 13.6. The van der Waals surface area contributed by atoms with Crippen LogP contribution in [-0.2, 0) is 11.3 Å². The normalized spacial score (nSPS) is 17.6. The molecule has 1 aromatic rings. The molecule has 1 aromatic carbocycles. The summed E-state index contributed by atoms with van der Waals surface area (Å²) in [5, 5.41) is 9.29. The van der Waals surface area contributed by atoms with Gasteiger partial charge in [0.15, 0.2) is 0 Å². The van der Waals surface area contributed by atoms with Crippen LogP contribution in [0.3, 0.4) is 0 Å². The van der Waals surface area contributed by atoms with Crippen LogP contribution >= 0.6 is 11.6 Å². The average molecular weight is 286 g/mol. The maximum Gasteiger partial charge on any atom is 0.303 e. The van der Waals surface area contributed by atoms with E-state index in [9.17, 15) is 9.18 Å². The fourth-order valence-corrected chi connectivity index (χ4v) is 2.70. The molecule has 1 saturated heterocycles. The Morgan fingerprint density at radius 1 is 1.42 bits per heavy atom. The van der Waals surface area contributed by atoms with Crippen LogP contribution in [0.25, 0.3) is 0 Å². The highest BCUT2D eigenvalue weighted by Crippen LogP contribution is 2.23. The van der Waals surface area contributed by atoms with Crippen LogP contribution in [0.15, 0.2) is 18.2 Å². The number of likely N-dealkylation sites (tertiary alicyclic amines) is 1. The van der Waals surface area contributed by atoms with Gasteiger partial charge in [-0.1, -0.05) is 11.6 Å². The Morgan fingerprint density at radius 2 is 2.11 bits per heavy atom. The van der Waals surface area contributed by atoms with Crippen molar-refractivity contribution in [2.75, 3.05) is 13.1 Å². The molecule has 5 heteroatoms.